The van der Waals surface area contributed by atoms with Gasteiger partial charge in [0.1, 0.15) is 11.2 Å². The summed E-state index contributed by atoms with van der Waals surface area (Å²) >= 11 is 0. The fourth-order valence-corrected chi connectivity index (χ4v) is 3.00. The van der Waals surface area contributed by atoms with Crippen molar-refractivity contribution in [1.29, 1.82) is 0 Å². The Hall–Kier alpha value is -1.10. The van der Waals surface area contributed by atoms with Crippen LogP contribution in [0.25, 0.3) is 0 Å². The van der Waals surface area contributed by atoms with Crippen LogP contribution in [-0.4, -0.2) is 36.9 Å². The van der Waals surface area contributed by atoms with Gasteiger partial charge in [-0.15, -0.1) is 0 Å². The van der Waals surface area contributed by atoms with Crippen LogP contribution >= 0.6 is 0 Å². The highest BCUT2D eigenvalue weighted by Crippen LogP contribution is 2.39. The molecule has 0 aromatic heterocycles. The first-order valence-electron chi connectivity index (χ1n) is 8.24. The zero-order chi connectivity index (χ0) is 16.6. The van der Waals surface area contributed by atoms with Crippen molar-refractivity contribution in [1.82, 2.24) is 0 Å². The molecule has 0 saturated heterocycles. The molecule has 0 amide bonds. The molecule has 0 aliphatic heterocycles. The van der Waals surface area contributed by atoms with E-state index in [2.05, 4.69) is 0 Å². The molecule has 128 valence electrons. The predicted octanol–water partition coefficient (Wildman–Crippen LogP) is 3.25. The summed E-state index contributed by atoms with van der Waals surface area (Å²) in [7, 11) is 0. The second kappa shape index (κ2) is 8.51. The van der Waals surface area contributed by atoms with Gasteiger partial charge in [0.25, 0.3) is 6.47 Å². The Morgan fingerprint density at radius 3 is 2.41 bits per heavy atom. The van der Waals surface area contributed by atoms with Crippen molar-refractivity contribution in [2.24, 2.45) is 5.92 Å². The molecule has 1 rings (SSSR count). The molecular formula is C17H30O5. The third-order valence-corrected chi connectivity index (χ3v) is 3.99. The maximum absolute atomic E-state index is 12.5. The SMILES string of the molecule is CCOCCC(CC1(OC=O)CCCC1)C(=O)OC(C)(C)C. The van der Waals surface area contributed by atoms with Gasteiger partial charge in [-0.05, 0) is 59.8 Å². The standard InChI is InChI=1S/C17H30O5/c1-5-20-11-8-14(15(19)22-16(2,3)4)12-17(21-13-18)9-6-7-10-17/h13-14H,5-12H2,1-4H3. The van der Waals surface area contributed by atoms with Crippen molar-refractivity contribution < 1.29 is 23.8 Å². The van der Waals surface area contributed by atoms with Gasteiger partial charge in [0.15, 0.2) is 0 Å². The first-order chi connectivity index (χ1) is 10.3. The summed E-state index contributed by atoms with van der Waals surface area (Å²) in [6.07, 6.45) is 4.81. The van der Waals surface area contributed by atoms with E-state index >= 15 is 0 Å². The van der Waals surface area contributed by atoms with Gasteiger partial charge in [0.05, 0.1) is 5.92 Å². The second-order valence-corrected chi connectivity index (χ2v) is 7.02. The lowest BCUT2D eigenvalue weighted by molar-refractivity contribution is -0.166. The molecule has 22 heavy (non-hydrogen) atoms. The van der Waals surface area contributed by atoms with Crippen molar-refractivity contribution in [3.8, 4) is 0 Å². The molecule has 1 atom stereocenters. The molecule has 0 heterocycles. The largest absolute Gasteiger partial charge is 0.461 e. The van der Waals surface area contributed by atoms with E-state index in [9.17, 15) is 9.59 Å². The Kier molecular flexibility index (Phi) is 7.33. The summed E-state index contributed by atoms with van der Waals surface area (Å²) in [6, 6.07) is 0. The van der Waals surface area contributed by atoms with Crippen molar-refractivity contribution in [2.75, 3.05) is 13.2 Å². The quantitative estimate of drug-likeness (QED) is 0.371. The van der Waals surface area contributed by atoms with Crippen LogP contribution in [0.2, 0.25) is 0 Å². The number of hydrogen-bond donors (Lipinski definition) is 0. The minimum atomic E-state index is -0.519. The Balaban J connectivity index is 2.75. The van der Waals surface area contributed by atoms with Gasteiger partial charge in [-0.3, -0.25) is 9.59 Å². The van der Waals surface area contributed by atoms with E-state index < -0.39 is 11.2 Å². The fraction of sp³-hybridized carbons (Fsp3) is 0.882. The molecule has 0 aromatic carbocycles. The Labute approximate surface area is 133 Å². The third-order valence-electron chi connectivity index (χ3n) is 3.99. The van der Waals surface area contributed by atoms with Crippen molar-refractivity contribution in [2.45, 2.75) is 77.4 Å². The molecule has 1 aliphatic carbocycles. The lowest BCUT2D eigenvalue weighted by Crippen LogP contribution is -2.37. The summed E-state index contributed by atoms with van der Waals surface area (Å²) in [5.74, 6) is -0.531. The van der Waals surface area contributed by atoms with Crippen LogP contribution in [0, 0.1) is 5.92 Å². The first kappa shape index (κ1) is 18.9. The van der Waals surface area contributed by atoms with Gasteiger partial charge >= 0.3 is 5.97 Å². The number of rotatable bonds is 9. The zero-order valence-electron chi connectivity index (χ0n) is 14.4. The lowest BCUT2D eigenvalue weighted by atomic mass is 9.87. The average Bonchev–Trinajstić information content (AvgIpc) is 2.85. The van der Waals surface area contributed by atoms with Crippen LogP contribution in [-0.2, 0) is 23.8 Å². The molecule has 0 bridgehead atoms. The van der Waals surface area contributed by atoms with Crippen LogP contribution < -0.4 is 0 Å². The van der Waals surface area contributed by atoms with Crippen molar-refractivity contribution in [3.63, 3.8) is 0 Å². The highest BCUT2D eigenvalue weighted by atomic mass is 16.6. The average molecular weight is 314 g/mol. The van der Waals surface area contributed by atoms with Gasteiger partial charge < -0.3 is 14.2 Å². The smallest absolute Gasteiger partial charge is 0.309 e. The number of esters is 1. The van der Waals surface area contributed by atoms with Gasteiger partial charge in [-0.2, -0.15) is 0 Å². The monoisotopic (exact) mass is 314 g/mol. The van der Waals surface area contributed by atoms with E-state index in [4.69, 9.17) is 14.2 Å². The second-order valence-electron chi connectivity index (χ2n) is 7.02. The van der Waals surface area contributed by atoms with E-state index in [0.717, 1.165) is 25.7 Å². The van der Waals surface area contributed by atoms with E-state index in [1.165, 1.54) is 0 Å². The topological polar surface area (TPSA) is 61.8 Å². The van der Waals surface area contributed by atoms with Crippen LogP contribution in [0.15, 0.2) is 0 Å². The number of carbonyl (C=O) groups excluding carboxylic acids is 2. The highest BCUT2D eigenvalue weighted by molar-refractivity contribution is 5.73. The summed E-state index contributed by atoms with van der Waals surface area (Å²) in [6.45, 7) is 9.15. The Morgan fingerprint density at radius 1 is 1.27 bits per heavy atom. The molecule has 0 radical (unpaired) electrons. The van der Waals surface area contributed by atoms with Gasteiger partial charge in [-0.25, -0.2) is 0 Å². The maximum atomic E-state index is 12.5. The molecule has 0 aromatic rings. The zero-order valence-corrected chi connectivity index (χ0v) is 14.4. The van der Waals surface area contributed by atoms with Crippen molar-refractivity contribution >= 4 is 12.4 Å². The molecule has 0 N–H and O–H groups in total. The van der Waals surface area contributed by atoms with Crippen LogP contribution in [0.1, 0.15) is 66.2 Å². The fourth-order valence-electron chi connectivity index (χ4n) is 3.00. The molecule has 1 unspecified atom stereocenters. The van der Waals surface area contributed by atoms with E-state index in [0.29, 0.717) is 32.5 Å². The number of hydrogen-bond acceptors (Lipinski definition) is 5. The summed E-state index contributed by atoms with van der Waals surface area (Å²) in [5.41, 5.74) is -1.02. The maximum Gasteiger partial charge on any atom is 0.309 e. The lowest BCUT2D eigenvalue weighted by Gasteiger charge is -2.32. The molecular weight excluding hydrogens is 284 g/mol. The van der Waals surface area contributed by atoms with Crippen LogP contribution in [0.3, 0.4) is 0 Å². The highest BCUT2D eigenvalue weighted by Gasteiger charge is 2.40. The summed E-state index contributed by atoms with van der Waals surface area (Å²) in [4.78, 5) is 23.3. The van der Waals surface area contributed by atoms with Crippen LogP contribution in [0.5, 0.6) is 0 Å². The Bertz CT molecular complexity index is 353. The summed E-state index contributed by atoms with van der Waals surface area (Å²) < 4.78 is 16.3. The van der Waals surface area contributed by atoms with Gasteiger partial charge in [-0.1, -0.05) is 0 Å². The number of ether oxygens (including phenoxy) is 3. The number of carbonyl (C=O) groups is 2. The molecule has 1 aliphatic rings. The molecule has 1 saturated carbocycles. The third kappa shape index (κ3) is 6.34. The minimum Gasteiger partial charge on any atom is -0.461 e. The summed E-state index contributed by atoms with van der Waals surface area (Å²) in [5, 5.41) is 0. The van der Waals surface area contributed by atoms with E-state index in [1.807, 2.05) is 27.7 Å². The minimum absolute atomic E-state index is 0.229. The van der Waals surface area contributed by atoms with E-state index in [-0.39, 0.29) is 11.9 Å². The predicted molar refractivity (Wildman–Crippen MR) is 83.4 cm³/mol. The van der Waals surface area contributed by atoms with E-state index in [1.54, 1.807) is 0 Å². The van der Waals surface area contributed by atoms with Crippen LogP contribution in [0.4, 0.5) is 0 Å². The normalized spacial score (nSPS) is 18.7. The van der Waals surface area contributed by atoms with Gasteiger partial charge in [0, 0.05) is 19.6 Å². The Morgan fingerprint density at radius 2 is 1.91 bits per heavy atom. The van der Waals surface area contributed by atoms with Gasteiger partial charge in [0.2, 0.25) is 0 Å². The molecule has 0 spiro atoms. The molecule has 5 nitrogen and oxygen atoms in total. The molecule has 1 fully saturated rings. The first-order valence-corrected chi connectivity index (χ1v) is 8.24. The molecule has 5 heteroatoms. The van der Waals surface area contributed by atoms with Crippen molar-refractivity contribution in [3.05, 3.63) is 0 Å².